The van der Waals surface area contributed by atoms with E-state index < -0.39 is 11.8 Å². The highest BCUT2D eigenvalue weighted by Gasteiger charge is 2.19. The molecule has 5 nitrogen and oxygen atoms in total. The minimum Gasteiger partial charge on any atom is -0.469 e. The minimum atomic E-state index is -0.434. The van der Waals surface area contributed by atoms with Gasteiger partial charge in [0.2, 0.25) is 0 Å². The third-order valence-electron chi connectivity index (χ3n) is 2.83. The van der Waals surface area contributed by atoms with Crippen molar-refractivity contribution in [2.24, 2.45) is 0 Å². The molecule has 1 aromatic carbocycles. The number of nitrogens with zero attached hydrogens (tertiary/aromatic N) is 1. The lowest BCUT2D eigenvalue weighted by atomic mass is 10.2. The third-order valence-corrected chi connectivity index (χ3v) is 3.48. The molecule has 0 atom stereocenters. The summed E-state index contributed by atoms with van der Waals surface area (Å²) in [5.41, 5.74) is 0.331. The van der Waals surface area contributed by atoms with Crippen molar-refractivity contribution < 1.29 is 23.5 Å². The molecular weight excluding hydrogens is 345 g/mol. The molecule has 7 heteroatoms. The Balaban J connectivity index is 2.85. The molecule has 0 saturated heterocycles. The van der Waals surface area contributed by atoms with Gasteiger partial charge in [-0.05, 0) is 34.1 Å². The first-order valence-corrected chi connectivity index (χ1v) is 7.09. The van der Waals surface area contributed by atoms with Gasteiger partial charge in [0, 0.05) is 24.7 Å². The van der Waals surface area contributed by atoms with Gasteiger partial charge in [-0.25, -0.2) is 4.39 Å². The molecule has 21 heavy (non-hydrogen) atoms. The van der Waals surface area contributed by atoms with Crippen LogP contribution >= 0.6 is 15.9 Å². The van der Waals surface area contributed by atoms with Crippen LogP contribution in [0.15, 0.2) is 22.7 Å². The van der Waals surface area contributed by atoms with Gasteiger partial charge < -0.3 is 14.4 Å². The summed E-state index contributed by atoms with van der Waals surface area (Å²) < 4.78 is 23.0. The molecule has 0 fully saturated rings. The van der Waals surface area contributed by atoms with E-state index in [0.29, 0.717) is 23.2 Å². The molecule has 1 amide bonds. The first-order valence-electron chi connectivity index (χ1n) is 6.29. The van der Waals surface area contributed by atoms with Crippen molar-refractivity contribution in [1.29, 1.82) is 0 Å². The van der Waals surface area contributed by atoms with E-state index in [2.05, 4.69) is 20.7 Å². The Morgan fingerprint density at radius 2 is 2.00 bits per heavy atom. The first kappa shape index (κ1) is 17.6. The maximum atomic E-state index is 13.1. The number of ether oxygens (including phenoxy) is 2. The molecule has 1 rings (SSSR count). The zero-order chi connectivity index (χ0) is 15.8. The highest BCUT2D eigenvalue weighted by Crippen LogP contribution is 2.20. The fourth-order valence-corrected chi connectivity index (χ4v) is 2.20. The van der Waals surface area contributed by atoms with Crippen LogP contribution in [0.2, 0.25) is 0 Å². The quantitative estimate of drug-likeness (QED) is 0.699. The fraction of sp³-hybridized carbons (Fsp3) is 0.429. The number of amides is 1. The Kier molecular flexibility index (Phi) is 7.31. The average Bonchev–Trinajstić information content (AvgIpc) is 2.46. The van der Waals surface area contributed by atoms with Crippen LogP contribution in [0.25, 0.3) is 0 Å². The molecule has 0 aliphatic carbocycles. The summed E-state index contributed by atoms with van der Waals surface area (Å²) in [6.45, 7) is 0.876. The van der Waals surface area contributed by atoms with Gasteiger partial charge in [-0.1, -0.05) is 0 Å². The molecule has 0 N–H and O–H groups in total. The van der Waals surface area contributed by atoms with E-state index in [1.165, 1.54) is 37.3 Å². The van der Waals surface area contributed by atoms with E-state index in [-0.39, 0.29) is 18.9 Å². The molecule has 0 unspecified atom stereocenters. The molecule has 0 aliphatic heterocycles. The van der Waals surface area contributed by atoms with Gasteiger partial charge in [-0.15, -0.1) is 0 Å². The van der Waals surface area contributed by atoms with E-state index in [4.69, 9.17) is 4.74 Å². The number of halogens is 2. The topological polar surface area (TPSA) is 55.8 Å². The zero-order valence-electron chi connectivity index (χ0n) is 11.9. The zero-order valence-corrected chi connectivity index (χ0v) is 13.5. The monoisotopic (exact) mass is 361 g/mol. The second kappa shape index (κ2) is 8.74. The summed E-state index contributed by atoms with van der Waals surface area (Å²) in [4.78, 5) is 25.1. The number of carbonyl (C=O) groups is 2. The van der Waals surface area contributed by atoms with Gasteiger partial charge >= 0.3 is 5.97 Å². The normalized spacial score (nSPS) is 10.3. The molecule has 1 aromatic rings. The summed E-state index contributed by atoms with van der Waals surface area (Å²) in [6, 6.07) is 3.84. The average molecular weight is 362 g/mol. The summed E-state index contributed by atoms with van der Waals surface area (Å²) in [5.74, 6) is -1.14. The molecule has 0 saturated carbocycles. The molecule has 0 spiro atoms. The third kappa shape index (κ3) is 5.43. The largest absolute Gasteiger partial charge is 0.469 e. The van der Waals surface area contributed by atoms with E-state index in [0.717, 1.165) is 0 Å². The maximum absolute atomic E-state index is 13.1. The molecule has 0 aliphatic rings. The van der Waals surface area contributed by atoms with Crippen LogP contribution in [0.3, 0.4) is 0 Å². The van der Waals surface area contributed by atoms with Crippen LogP contribution in [0.4, 0.5) is 4.39 Å². The smallest absolute Gasteiger partial charge is 0.307 e. The molecule has 0 aromatic heterocycles. The lowest BCUT2D eigenvalue weighted by Gasteiger charge is -2.22. The summed E-state index contributed by atoms with van der Waals surface area (Å²) in [6.07, 6.45) is 0.0881. The van der Waals surface area contributed by atoms with Crippen molar-refractivity contribution >= 4 is 27.8 Å². The Morgan fingerprint density at radius 1 is 1.29 bits per heavy atom. The van der Waals surface area contributed by atoms with Crippen molar-refractivity contribution in [3.8, 4) is 0 Å². The second-order valence-electron chi connectivity index (χ2n) is 4.24. The lowest BCUT2D eigenvalue weighted by Crippen LogP contribution is -2.36. The predicted molar refractivity (Wildman–Crippen MR) is 78.5 cm³/mol. The van der Waals surface area contributed by atoms with Gasteiger partial charge in [0.1, 0.15) is 5.82 Å². The Hall–Kier alpha value is -1.47. The van der Waals surface area contributed by atoms with E-state index in [1.54, 1.807) is 0 Å². The van der Waals surface area contributed by atoms with Crippen molar-refractivity contribution in [3.63, 3.8) is 0 Å². The van der Waals surface area contributed by atoms with Crippen molar-refractivity contribution in [2.45, 2.75) is 6.42 Å². The molecule has 0 heterocycles. The molecule has 0 bridgehead atoms. The number of esters is 1. The van der Waals surface area contributed by atoms with E-state index in [9.17, 15) is 14.0 Å². The van der Waals surface area contributed by atoms with E-state index in [1.807, 2.05) is 0 Å². The Labute approximate surface area is 131 Å². The number of carbonyl (C=O) groups excluding carboxylic acids is 2. The standard InChI is InChI=1S/C14H17BrFNO4/c1-20-8-7-17(6-5-13(18)21-2)14(19)11-4-3-10(16)9-12(11)15/h3-4,9H,5-8H2,1-2H3. The van der Waals surface area contributed by atoms with Gasteiger partial charge in [0.05, 0.1) is 25.7 Å². The maximum Gasteiger partial charge on any atom is 0.307 e. The van der Waals surface area contributed by atoms with Crippen molar-refractivity contribution in [1.82, 2.24) is 4.90 Å². The first-order chi connectivity index (χ1) is 9.99. The number of methoxy groups -OCH3 is 2. The minimum absolute atomic E-state index is 0.0881. The summed E-state index contributed by atoms with van der Waals surface area (Å²) in [7, 11) is 2.82. The lowest BCUT2D eigenvalue weighted by molar-refractivity contribution is -0.140. The number of rotatable bonds is 7. The number of hydrogen-bond acceptors (Lipinski definition) is 4. The van der Waals surface area contributed by atoms with Crippen molar-refractivity contribution in [3.05, 3.63) is 34.1 Å². The van der Waals surface area contributed by atoms with Crippen LogP contribution in [0.5, 0.6) is 0 Å². The molecule has 116 valence electrons. The van der Waals surface area contributed by atoms with Crippen LogP contribution in [0, 0.1) is 5.82 Å². The highest BCUT2D eigenvalue weighted by molar-refractivity contribution is 9.10. The Bertz CT molecular complexity index is 510. The fourth-order valence-electron chi connectivity index (χ4n) is 1.68. The predicted octanol–water partition coefficient (Wildman–Crippen LogP) is 2.24. The SMILES string of the molecule is COCCN(CCC(=O)OC)C(=O)c1ccc(F)cc1Br. The summed E-state index contributed by atoms with van der Waals surface area (Å²) in [5, 5.41) is 0. The van der Waals surface area contributed by atoms with Crippen LogP contribution in [-0.4, -0.2) is 50.7 Å². The van der Waals surface area contributed by atoms with Crippen molar-refractivity contribution in [2.75, 3.05) is 33.9 Å². The van der Waals surface area contributed by atoms with Crippen LogP contribution < -0.4 is 0 Å². The molecule has 0 radical (unpaired) electrons. The summed E-state index contributed by atoms with van der Waals surface area (Å²) >= 11 is 3.17. The number of benzene rings is 1. The van der Waals surface area contributed by atoms with E-state index >= 15 is 0 Å². The second-order valence-corrected chi connectivity index (χ2v) is 5.09. The van der Waals surface area contributed by atoms with Gasteiger partial charge in [-0.3, -0.25) is 9.59 Å². The van der Waals surface area contributed by atoms with Gasteiger partial charge in [-0.2, -0.15) is 0 Å². The van der Waals surface area contributed by atoms with Crippen LogP contribution in [-0.2, 0) is 14.3 Å². The number of hydrogen-bond donors (Lipinski definition) is 0. The van der Waals surface area contributed by atoms with Crippen LogP contribution in [0.1, 0.15) is 16.8 Å². The molecular formula is C14H17BrFNO4. The van der Waals surface area contributed by atoms with Gasteiger partial charge in [0.15, 0.2) is 0 Å². The highest BCUT2D eigenvalue weighted by atomic mass is 79.9. The van der Waals surface area contributed by atoms with Gasteiger partial charge in [0.25, 0.3) is 5.91 Å². The Morgan fingerprint density at radius 3 is 2.57 bits per heavy atom.